The Morgan fingerprint density at radius 2 is 2.06 bits per heavy atom. The summed E-state index contributed by atoms with van der Waals surface area (Å²) in [4.78, 5) is 0.114. The standard InChI is InChI=1S/C11H14N4O2S/c1-15-7-6-10(14-15)13-8-4-3-5-9(11(8)12)18(2,16)17/h3-7H,12H2,1-2H3,(H,13,14). The molecule has 0 saturated carbocycles. The van der Waals surface area contributed by atoms with Crippen molar-refractivity contribution in [1.82, 2.24) is 9.78 Å². The zero-order valence-electron chi connectivity index (χ0n) is 10.1. The van der Waals surface area contributed by atoms with Crippen molar-refractivity contribution in [2.24, 2.45) is 7.05 Å². The number of hydrogen-bond donors (Lipinski definition) is 2. The van der Waals surface area contributed by atoms with E-state index in [0.717, 1.165) is 6.26 Å². The third kappa shape index (κ3) is 2.45. The molecule has 6 nitrogen and oxygen atoms in total. The molecule has 0 amide bonds. The number of anilines is 3. The van der Waals surface area contributed by atoms with E-state index in [2.05, 4.69) is 10.4 Å². The van der Waals surface area contributed by atoms with Gasteiger partial charge in [-0.05, 0) is 12.1 Å². The minimum atomic E-state index is -3.33. The van der Waals surface area contributed by atoms with Crippen molar-refractivity contribution in [2.45, 2.75) is 4.90 Å². The van der Waals surface area contributed by atoms with Gasteiger partial charge in [0.25, 0.3) is 0 Å². The summed E-state index contributed by atoms with van der Waals surface area (Å²) in [6.07, 6.45) is 2.90. The van der Waals surface area contributed by atoms with Gasteiger partial charge in [-0.2, -0.15) is 5.10 Å². The SMILES string of the molecule is Cn1ccc(Nc2cccc(S(C)(=O)=O)c2N)n1. The molecule has 0 aliphatic carbocycles. The van der Waals surface area contributed by atoms with Crippen LogP contribution in [0.2, 0.25) is 0 Å². The summed E-state index contributed by atoms with van der Waals surface area (Å²) >= 11 is 0. The van der Waals surface area contributed by atoms with Crippen molar-refractivity contribution in [3.63, 3.8) is 0 Å². The molecule has 2 rings (SSSR count). The molecule has 1 aromatic carbocycles. The highest BCUT2D eigenvalue weighted by molar-refractivity contribution is 7.90. The Morgan fingerprint density at radius 3 is 2.61 bits per heavy atom. The second-order valence-corrected chi connectivity index (χ2v) is 5.97. The molecule has 0 bridgehead atoms. The second kappa shape index (κ2) is 4.34. The highest BCUT2D eigenvalue weighted by atomic mass is 32.2. The van der Waals surface area contributed by atoms with E-state index >= 15 is 0 Å². The number of aromatic nitrogens is 2. The number of nitrogens with one attached hydrogen (secondary N) is 1. The predicted octanol–water partition coefficient (Wildman–Crippen LogP) is 1.15. The Kier molecular flexibility index (Phi) is 3.00. The van der Waals surface area contributed by atoms with Crippen molar-refractivity contribution in [2.75, 3.05) is 17.3 Å². The molecule has 0 saturated heterocycles. The molecule has 18 heavy (non-hydrogen) atoms. The monoisotopic (exact) mass is 266 g/mol. The molecule has 0 fully saturated rings. The molecule has 7 heteroatoms. The van der Waals surface area contributed by atoms with E-state index in [1.807, 2.05) is 0 Å². The number of hydrogen-bond acceptors (Lipinski definition) is 5. The Hall–Kier alpha value is -2.02. The van der Waals surface area contributed by atoms with Gasteiger partial charge < -0.3 is 11.1 Å². The summed E-state index contributed by atoms with van der Waals surface area (Å²) in [7, 11) is -1.54. The van der Waals surface area contributed by atoms with Gasteiger partial charge in [-0.25, -0.2) is 8.42 Å². The van der Waals surface area contributed by atoms with E-state index in [1.165, 1.54) is 6.07 Å². The van der Waals surface area contributed by atoms with Gasteiger partial charge in [-0.3, -0.25) is 4.68 Å². The largest absolute Gasteiger partial charge is 0.396 e. The van der Waals surface area contributed by atoms with Crippen LogP contribution in [0.15, 0.2) is 35.4 Å². The van der Waals surface area contributed by atoms with Gasteiger partial charge in [0, 0.05) is 25.6 Å². The van der Waals surface area contributed by atoms with E-state index in [1.54, 1.807) is 36.1 Å². The van der Waals surface area contributed by atoms with Gasteiger partial charge in [0.2, 0.25) is 0 Å². The summed E-state index contributed by atoms with van der Waals surface area (Å²) in [6.45, 7) is 0. The summed E-state index contributed by atoms with van der Waals surface area (Å²) in [5, 5.41) is 7.12. The summed E-state index contributed by atoms with van der Waals surface area (Å²) in [6, 6.07) is 6.59. The van der Waals surface area contributed by atoms with Crippen LogP contribution < -0.4 is 11.1 Å². The molecule has 0 atom stereocenters. The second-order valence-electron chi connectivity index (χ2n) is 3.99. The number of nitrogens with two attached hydrogens (primary N) is 1. The molecular formula is C11H14N4O2S. The smallest absolute Gasteiger partial charge is 0.177 e. The van der Waals surface area contributed by atoms with E-state index in [0.29, 0.717) is 11.5 Å². The average molecular weight is 266 g/mol. The number of aryl methyl sites for hydroxylation is 1. The van der Waals surface area contributed by atoms with Gasteiger partial charge in [0.1, 0.15) is 0 Å². The van der Waals surface area contributed by atoms with Crippen LogP contribution in [0.3, 0.4) is 0 Å². The van der Waals surface area contributed by atoms with Crippen LogP contribution in [0.4, 0.5) is 17.2 Å². The molecule has 0 aliphatic rings. The average Bonchev–Trinajstić information content (AvgIpc) is 2.65. The molecule has 1 heterocycles. The molecule has 0 unspecified atom stereocenters. The molecule has 0 radical (unpaired) electrons. The fraction of sp³-hybridized carbons (Fsp3) is 0.182. The topological polar surface area (TPSA) is 90.0 Å². The molecule has 3 N–H and O–H groups in total. The van der Waals surface area contributed by atoms with Gasteiger partial charge in [0.15, 0.2) is 15.7 Å². The third-order valence-electron chi connectivity index (χ3n) is 2.44. The molecule has 1 aromatic heterocycles. The van der Waals surface area contributed by atoms with Gasteiger partial charge >= 0.3 is 0 Å². The highest BCUT2D eigenvalue weighted by Crippen LogP contribution is 2.28. The van der Waals surface area contributed by atoms with E-state index < -0.39 is 9.84 Å². The lowest BCUT2D eigenvalue weighted by molar-refractivity contribution is 0.602. The maximum Gasteiger partial charge on any atom is 0.177 e. The summed E-state index contributed by atoms with van der Waals surface area (Å²) in [5.41, 5.74) is 6.57. The van der Waals surface area contributed by atoms with Gasteiger partial charge in [-0.1, -0.05) is 6.07 Å². The van der Waals surface area contributed by atoms with E-state index in [4.69, 9.17) is 5.73 Å². The Bertz CT molecular complexity index is 676. The first-order valence-electron chi connectivity index (χ1n) is 5.23. The molecule has 0 aliphatic heterocycles. The number of para-hydroxylation sites is 1. The van der Waals surface area contributed by atoms with Crippen LogP contribution in [-0.4, -0.2) is 24.5 Å². The van der Waals surface area contributed by atoms with Crippen molar-refractivity contribution in [3.05, 3.63) is 30.5 Å². The Balaban J connectivity index is 2.41. The number of rotatable bonds is 3. The number of benzene rings is 1. The molecule has 96 valence electrons. The van der Waals surface area contributed by atoms with Crippen LogP contribution in [-0.2, 0) is 16.9 Å². The Labute approximate surface area is 105 Å². The predicted molar refractivity (Wildman–Crippen MR) is 70.5 cm³/mol. The van der Waals surface area contributed by atoms with E-state index in [9.17, 15) is 8.42 Å². The molecule has 0 spiro atoms. The minimum absolute atomic E-state index is 0.114. The van der Waals surface area contributed by atoms with Gasteiger partial charge in [0.05, 0.1) is 16.3 Å². The summed E-state index contributed by atoms with van der Waals surface area (Å²) in [5.74, 6) is 0.606. The van der Waals surface area contributed by atoms with Crippen LogP contribution in [0.1, 0.15) is 0 Å². The molecular weight excluding hydrogens is 252 g/mol. The van der Waals surface area contributed by atoms with Crippen LogP contribution in [0, 0.1) is 0 Å². The quantitative estimate of drug-likeness (QED) is 0.813. The van der Waals surface area contributed by atoms with Gasteiger partial charge in [-0.15, -0.1) is 0 Å². The fourth-order valence-electron chi connectivity index (χ4n) is 1.60. The maximum absolute atomic E-state index is 11.5. The third-order valence-corrected chi connectivity index (χ3v) is 3.60. The number of nitrogens with zero attached hydrogens (tertiary/aromatic N) is 2. The maximum atomic E-state index is 11.5. The van der Waals surface area contributed by atoms with Crippen LogP contribution >= 0.6 is 0 Å². The number of sulfone groups is 1. The number of nitrogen functional groups attached to an aromatic ring is 1. The Morgan fingerprint density at radius 1 is 1.33 bits per heavy atom. The van der Waals surface area contributed by atoms with Crippen molar-refractivity contribution in [3.8, 4) is 0 Å². The first-order chi connectivity index (χ1) is 8.38. The van der Waals surface area contributed by atoms with Crippen molar-refractivity contribution >= 4 is 27.0 Å². The first kappa shape index (κ1) is 12.4. The lowest BCUT2D eigenvalue weighted by atomic mass is 10.2. The van der Waals surface area contributed by atoms with Crippen molar-refractivity contribution in [1.29, 1.82) is 0 Å². The lowest BCUT2D eigenvalue weighted by Crippen LogP contribution is -2.05. The first-order valence-corrected chi connectivity index (χ1v) is 7.12. The van der Waals surface area contributed by atoms with Crippen LogP contribution in [0.25, 0.3) is 0 Å². The zero-order chi connectivity index (χ0) is 13.3. The lowest BCUT2D eigenvalue weighted by Gasteiger charge is -2.10. The highest BCUT2D eigenvalue weighted by Gasteiger charge is 2.14. The zero-order valence-corrected chi connectivity index (χ0v) is 10.9. The van der Waals surface area contributed by atoms with Crippen molar-refractivity contribution < 1.29 is 8.42 Å². The van der Waals surface area contributed by atoms with Crippen LogP contribution in [0.5, 0.6) is 0 Å². The van der Waals surface area contributed by atoms with E-state index in [-0.39, 0.29) is 10.6 Å². The summed E-state index contributed by atoms with van der Waals surface area (Å²) < 4.78 is 24.7. The minimum Gasteiger partial charge on any atom is -0.396 e. The fourth-order valence-corrected chi connectivity index (χ4v) is 2.43. The molecule has 2 aromatic rings. The normalized spacial score (nSPS) is 11.4.